The molecule has 2 rings (SSSR count). The van der Waals surface area contributed by atoms with Gasteiger partial charge in [-0.1, -0.05) is 18.6 Å². The monoisotopic (exact) mass is 345 g/mol. The standard InChI is InChI=1S/C12H10BrF2N3O2/c1-2-3-9-10(12(19)20)16-17-18(9)11-7(13)4-6(14)5-8(11)15/h4-5H,2-3H2,1H3,(H,19,20). The highest BCUT2D eigenvalue weighted by molar-refractivity contribution is 9.10. The SMILES string of the molecule is CCCc1c(C(=O)O)nnn1-c1c(F)cc(F)cc1Br. The second-order valence-corrected chi connectivity index (χ2v) is 4.92. The molecule has 0 saturated carbocycles. The molecular formula is C12H10BrF2N3O2. The zero-order valence-electron chi connectivity index (χ0n) is 10.4. The van der Waals surface area contributed by atoms with E-state index < -0.39 is 17.6 Å². The Balaban J connectivity index is 2.67. The fraction of sp³-hybridized carbons (Fsp3) is 0.250. The van der Waals surface area contributed by atoms with Gasteiger partial charge in [-0.2, -0.15) is 0 Å². The largest absolute Gasteiger partial charge is 0.476 e. The fourth-order valence-electron chi connectivity index (χ4n) is 1.85. The van der Waals surface area contributed by atoms with Crippen LogP contribution in [0.2, 0.25) is 0 Å². The van der Waals surface area contributed by atoms with E-state index in [9.17, 15) is 13.6 Å². The van der Waals surface area contributed by atoms with Crippen LogP contribution in [0, 0.1) is 11.6 Å². The molecule has 1 heterocycles. The van der Waals surface area contributed by atoms with E-state index in [2.05, 4.69) is 26.2 Å². The van der Waals surface area contributed by atoms with Gasteiger partial charge in [0.25, 0.3) is 0 Å². The summed E-state index contributed by atoms with van der Waals surface area (Å²) < 4.78 is 28.2. The van der Waals surface area contributed by atoms with Crippen molar-refractivity contribution in [3.63, 3.8) is 0 Å². The average molecular weight is 346 g/mol. The number of nitrogens with zero attached hydrogens (tertiary/aromatic N) is 3. The molecular weight excluding hydrogens is 336 g/mol. The molecule has 1 N–H and O–H groups in total. The zero-order chi connectivity index (χ0) is 14.9. The van der Waals surface area contributed by atoms with Crippen molar-refractivity contribution < 1.29 is 18.7 Å². The summed E-state index contributed by atoms with van der Waals surface area (Å²) in [5.41, 5.74) is -0.0245. The molecule has 1 aromatic carbocycles. The van der Waals surface area contributed by atoms with Gasteiger partial charge < -0.3 is 5.11 Å². The van der Waals surface area contributed by atoms with Crippen LogP contribution in [0.15, 0.2) is 16.6 Å². The van der Waals surface area contributed by atoms with Crippen LogP contribution in [-0.4, -0.2) is 26.1 Å². The number of aromatic carboxylic acids is 1. The van der Waals surface area contributed by atoms with Crippen molar-refractivity contribution >= 4 is 21.9 Å². The van der Waals surface area contributed by atoms with Crippen LogP contribution in [-0.2, 0) is 6.42 Å². The minimum atomic E-state index is -1.24. The summed E-state index contributed by atoms with van der Waals surface area (Å²) in [7, 11) is 0. The Kier molecular flexibility index (Phi) is 4.12. The number of rotatable bonds is 4. The molecule has 0 aliphatic carbocycles. The van der Waals surface area contributed by atoms with Gasteiger partial charge in [0.15, 0.2) is 11.5 Å². The van der Waals surface area contributed by atoms with E-state index in [1.54, 1.807) is 0 Å². The van der Waals surface area contributed by atoms with Crippen LogP contribution < -0.4 is 0 Å². The maximum atomic E-state index is 13.9. The van der Waals surface area contributed by atoms with Crippen LogP contribution in [0.1, 0.15) is 29.5 Å². The normalized spacial score (nSPS) is 10.8. The van der Waals surface area contributed by atoms with Gasteiger partial charge in [0.2, 0.25) is 0 Å². The number of carbonyl (C=O) groups is 1. The molecule has 2 aromatic rings. The maximum Gasteiger partial charge on any atom is 0.358 e. The van der Waals surface area contributed by atoms with Gasteiger partial charge in [-0.25, -0.2) is 18.3 Å². The van der Waals surface area contributed by atoms with Crippen LogP contribution in [0.4, 0.5) is 8.78 Å². The zero-order valence-corrected chi connectivity index (χ0v) is 12.0. The summed E-state index contributed by atoms with van der Waals surface area (Å²) in [5.74, 6) is -2.83. The third-order valence-corrected chi connectivity index (χ3v) is 3.25. The molecule has 0 fully saturated rings. The number of halogens is 3. The molecule has 0 amide bonds. The van der Waals surface area contributed by atoms with Crippen molar-refractivity contribution in [1.29, 1.82) is 0 Å². The second-order valence-electron chi connectivity index (χ2n) is 4.07. The van der Waals surface area contributed by atoms with Crippen molar-refractivity contribution in [2.24, 2.45) is 0 Å². The van der Waals surface area contributed by atoms with E-state index >= 15 is 0 Å². The predicted molar refractivity (Wildman–Crippen MR) is 69.9 cm³/mol. The summed E-state index contributed by atoms with van der Waals surface area (Å²) >= 11 is 3.05. The van der Waals surface area contributed by atoms with Gasteiger partial charge in [-0.3, -0.25) is 0 Å². The Morgan fingerprint density at radius 2 is 2.15 bits per heavy atom. The lowest BCUT2D eigenvalue weighted by molar-refractivity contribution is 0.0689. The third-order valence-electron chi connectivity index (χ3n) is 2.65. The number of carboxylic acid groups (broad SMARTS) is 1. The van der Waals surface area contributed by atoms with Gasteiger partial charge in [0.05, 0.1) is 5.69 Å². The second kappa shape index (κ2) is 5.66. The van der Waals surface area contributed by atoms with Crippen molar-refractivity contribution in [3.05, 3.63) is 39.6 Å². The van der Waals surface area contributed by atoms with Gasteiger partial charge in [-0.05, 0) is 28.4 Å². The summed E-state index contributed by atoms with van der Waals surface area (Å²) in [6.45, 7) is 1.85. The lowest BCUT2D eigenvalue weighted by Gasteiger charge is -2.09. The molecule has 0 unspecified atom stereocenters. The number of carboxylic acids is 1. The Labute approximate surface area is 121 Å². The van der Waals surface area contributed by atoms with Gasteiger partial charge in [0, 0.05) is 10.5 Å². The van der Waals surface area contributed by atoms with Crippen LogP contribution in [0.3, 0.4) is 0 Å². The first-order valence-electron chi connectivity index (χ1n) is 5.78. The topological polar surface area (TPSA) is 68.0 Å². The smallest absolute Gasteiger partial charge is 0.358 e. The van der Waals surface area contributed by atoms with Crippen molar-refractivity contribution in [2.45, 2.75) is 19.8 Å². The Morgan fingerprint density at radius 1 is 1.45 bits per heavy atom. The molecule has 0 spiro atoms. The average Bonchev–Trinajstić information content (AvgIpc) is 2.72. The maximum absolute atomic E-state index is 13.9. The van der Waals surface area contributed by atoms with Crippen molar-refractivity contribution in [3.8, 4) is 5.69 Å². The molecule has 20 heavy (non-hydrogen) atoms. The molecule has 0 aliphatic heterocycles. The minimum absolute atomic E-state index is 0.0603. The van der Waals surface area contributed by atoms with Crippen LogP contribution in [0.25, 0.3) is 5.69 Å². The first-order valence-corrected chi connectivity index (χ1v) is 6.57. The first kappa shape index (κ1) is 14.6. The van der Waals surface area contributed by atoms with E-state index in [-0.39, 0.29) is 21.5 Å². The Bertz CT molecular complexity index is 650. The quantitative estimate of drug-likeness (QED) is 0.924. The lowest BCUT2D eigenvalue weighted by Crippen LogP contribution is -2.09. The number of hydrogen-bond acceptors (Lipinski definition) is 3. The predicted octanol–water partition coefficient (Wildman–Crippen LogP) is 2.96. The summed E-state index contributed by atoms with van der Waals surface area (Å²) in [6.07, 6.45) is 0.992. The van der Waals surface area contributed by atoms with Gasteiger partial charge in [-0.15, -0.1) is 5.10 Å². The van der Waals surface area contributed by atoms with E-state index in [0.717, 1.165) is 10.7 Å². The van der Waals surface area contributed by atoms with E-state index in [4.69, 9.17) is 5.11 Å². The highest BCUT2D eigenvalue weighted by atomic mass is 79.9. The fourth-order valence-corrected chi connectivity index (χ4v) is 2.42. The Morgan fingerprint density at radius 3 is 2.70 bits per heavy atom. The first-order chi connectivity index (χ1) is 9.45. The summed E-state index contributed by atoms with van der Waals surface area (Å²) in [4.78, 5) is 11.1. The Hall–Kier alpha value is -1.83. The number of hydrogen-bond donors (Lipinski definition) is 1. The van der Waals surface area contributed by atoms with Gasteiger partial charge in [0.1, 0.15) is 11.5 Å². The highest BCUT2D eigenvalue weighted by Gasteiger charge is 2.22. The van der Waals surface area contributed by atoms with Crippen LogP contribution in [0.5, 0.6) is 0 Å². The summed E-state index contributed by atoms with van der Waals surface area (Å²) in [5, 5.41) is 16.3. The van der Waals surface area contributed by atoms with E-state index in [0.29, 0.717) is 18.9 Å². The van der Waals surface area contributed by atoms with Crippen molar-refractivity contribution in [2.75, 3.05) is 0 Å². The molecule has 0 atom stereocenters. The van der Waals surface area contributed by atoms with Crippen molar-refractivity contribution in [1.82, 2.24) is 15.0 Å². The molecule has 1 aromatic heterocycles. The molecule has 5 nitrogen and oxygen atoms in total. The third kappa shape index (κ3) is 2.55. The molecule has 0 saturated heterocycles. The number of aromatic nitrogens is 3. The molecule has 0 aliphatic rings. The van der Waals surface area contributed by atoms with E-state index in [1.807, 2.05) is 6.92 Å². The minimum Gasteiger partial charge on any atom is -0.476 e. The highest BCUT2D eigenvalue weighted by Crippen LogP contribution is 2.27. The molecule has 8 heteroatoms. The lowest BCUT2D eigenvalue weighted by atomic mass is 10.2. The number of benzene rings is 1. The van der Waals surface area contributed by atoms with E-state index in [1.165, 1.54) is 0 Å². The van der Waals surface area contributed by atoms with Crippen LogP contribution >= 0.6 is 15.9 Å². The molecule has 0 bridgehead atoms. The molecule has 0 radical (unpaired) electrons. The summed E-state index contributed by atoms with van der Waals surface area (Å²) in [6, 6.07) is 1.79. The van der Waals surface area contributed by atoms with Gasteiger partial charge >= 0.3 is 5.97 Å². The molecule has 106 valence electrons.